The lowest BCUT2D eigenvalue weighted by Crippen LogP contribution is -2.30. The number of esters is 1. The first-order valence-electron chi connectivity index (χ1n) is 7.62. The van der Waals surface area contributed by atoms with E-state index in [-0.39, 0.29) is 0 Å². The summed E-state index contributed by atoms with van der Waals surface area (Å²) in [7, 11) is 1.51. The first-order valence-corrected chi connectivity index (χ1v) is 7.62. The molecule has 0 saturated carbocycles. The highest BCUT2D eigenvalue weighted by Gasteiger charge is 2.20. The van der Waals surface area contributed by atoms with Crippen LogP contribution in [0.25, 0.3) is 0 Å². The van der Waals surface area contributed by atoms with Crippen LogP contribution in [0.3, 0.4) is 0 Å². The molecule has 0 aliphatic carbocycles. The minimum absolute atomic E-state index is 0.291. The second-order valence-electron chi connectivity index (χ2n) is 5.38. The monoisotopic (exact) mass is 338 g/mol. The third kappa shape index (κ3) is 4.36. The molecule has 6 nitrogen and oxygen atoms in total. The van der Waals surface area contributed by atoms with E-state index in [1.807, 2.05) is 13.0 Å². The fourth-order valence-corrected chi connectivity index (χ4v) is 2.15. The van der Waals surface area contributed by atoms with Gasteiger partial charge in [-0.25, -0.2) is 4.79 Å². The number of para-hydroxylation sites is 1. The number of benzene rings is 2. The number of hydrogen-bond donors (Lipinski definition) is 1. The van der Waals surface area contributed by atoms with E-state index in [2.05, 4.69) is 5.32 Å². The second-order valence-corrected chi connectivity index (χ2v) is 5.38. The Labute approximate surface area is 146 Å². The summed E-state index contributed by atoms with van der Waals surface area (Å²) < 4.78 is 10.4. The summed E-state index contributed by atoms with van der Waals surface area (Å²) in [5.41, 5.74) is 1.88. The van der Waals surface area contributed by atoms with E-state index in [1.54, 1.807) is 42.5 Å². The molecule has 0 bridgehead atoms. The van der Waals surface area contributed by atoms with Gasteiger partial charge in [-0.3, -0.25) is 4.79 Å². The van der Waals surface area contributed by atoms with Crippen molar-refractivity contribution in [3.05, 3.63) is 59.2 Å². The Bertz CT molecular complexity index is 840. The highest BCUT2D eigenvalue weighted by atomic mass is 16.5. The van der Waals surface area contributed by atoms with Crippen LogP contribution in [0.2, 0.25) is 0 Å². The third-order valence-corrected chi connectivity index (χ3v) is 3.60. The molecule has 2 aromatic carbocycles. The van der Waals surface area contributed by atoms with Crippen LogP contribution in [0.1, 0.15) is 28.4 Å². The number of hydrogen-bond acceptors (Lipinski definition) is 5. The SMILES string of the molecule is COc1cc(C(=O)O[C@@H](C)C(=O)Nc2ccccc2C#N)ccc1C. The van der Waals surface area contributed by atoms with Crippen LogP contribution in [-0.4, -0.2) is 25.1 Å². The third-order valence-electron chi connectivity index (χ3n) is 3.60. The molecule has 0 aliphatic rings. The molecule has 0 aliphatic heterocycles. The van der Waals surface area contributed by atoms with Gasteiger partial charge in [0.1, 0.15) is 11.8 Å². The van der Waals surface area contributed by atoms with Crippen LogP contribution in [-0.2, 0) is 9.53 Å². The highest BCUT2D eigenvalue weighted by Crippen LogP contribution is 2.20. The Kier molecular flexibility index (Phi) is 5.75. The number of carbonyl (C=O) groups excluding carboxylic acids is 2. The molecule has 2 rings (SSSR count). The highest BCUT2D eigenvalue weighted by molar-refractivity contribution is 5.98. The topological polar surface area (TPSA) is 88.4 Å². The fraction of sp³-hybridized carbons (Fsp3) is 0.211. The molecule has 25 heavy (non-hydrogen) atoms. The van der Waals surface area contributed by atoms with Crippen molar-refractivity contribution in [1.29, 1.82) is 5.26 Å². The van der Waals surface area contributed by atoms with E-state index >= 15 is 0 Å². The number of aryl methyl sites for hydroxylation is 1. The summed E-state index contributed by atoms with van der Waals surface area (Å²) in [6.45, 7) is 3.32. The summed E-state index contributed by atoms with van der Waals surface area (Å²) in [5.74, 6) is -0.584. The predicted molar refractivity (Wildman–Crippen MR) is 92.4 cm³/mol. The number of ether oxygens (including phenoxy) is 2. The summed E-state index contributed by atoms with van der Waals surface area (Å²) >= 11 is 0. The molecule has 1 amide bonds. The van der Waals surface area contributed by atoms with Gasteiger partial charge in [0.2, 0.25) is 0 Å². The molecule has 0 heterocycles. The van der Waals surface area contributed by atoms with Crippen LogP contribution < -0.4 is 10.1 Å². The quantitative estimate of drug-likeness (QED) is 0.847. The van der Waals surface area contributed by atoms with Gasteiger partial charge in [-0.15, -0.1) is 0 Å². The first-order chi connectivity index (χ1) is 12.0. The number of amides is 1. The lowest BCUT2D eigenvalue weighted by Gasteiger charge is -2.14. The summed E-state index contributed by atoms with van der Waals surface area (Å²) in [6.07, 6.45) is -1.02. The molecule has 0 fully saturated rings. The number of nitrogens with one attached hydrogen (secondary N) is 1. The lowest BCUT2D eigenvalue weighted by atomic mass is 10.1. The van der Waals surface area contributed by atoms with Crippen molar-refractivity contribution in [2.45, 2.75) is 20.0 Å². The Morgan fingerprint density at radius 1 is 1.20 bits per heavy atom. The van der Waals surface area contributed by atoms with E-state index in [1.165, 1.54) is 14.0 Å². The van der Waals surface area contributed by atoms with Crippen LogP contribution in [0, 0.1) is 18.3 Å². The van der Waals surface area contributed by atoms with Crippen molar-refractivity contribution >= 4 is 17.6 Å². The number of rotatable bonds is 5. The van der Waals surface area contributed by atoms with Crippen LogP contribution in [0.15, 0.2) is 42.5 Å². The Morgan fingerprint density at radius 2 is 1.92 bits per heavy atom. The molecule has 0 saturated heterocycles. The van der Waals surface area contributed by atoms with Gasteiger partial charge in [-0.2, -0.15) is 5.26 Å². The maximum Gasteiger partial charge on any atom is 0.339 e. The van der Waals surface area contributed by atoms with Gasteiger partial charge in [0.05, 0.1) is 23.9 Å². The van der Waals surface area contributed by atoms with Crippen molar-refractivity contribution < 1.29 is 19.1 Å². The smallest absolute Gasteiger partial charge is 0.339 e. The normalized spacial score (nSPS) is 11.1. The standard InChI is InChI=1S/C19H18N2O4/c1-12-8-9-14(10-17(12)24-3)19(23)25-13(2)18(22)21-16-7-5-4-6-15(16)11-20/h4-10,13H,1-3H3,(H,21,22)/t13-/m0/s1. The molecular formula is C19H18N2O4. The first kappa shape index (κ1) is 18.0. The van der Waals surface area contributed by atoms with Gasteiger partial charge in [0, 0.05) is 0 Å². The molecule has 1 atom stereocenters. The number of nitrogens with zero attached hydrogens (tertiary/aromatic N) is 1. The second kappa shape index (κ2) is 7.97. The number of methoxy groups -OCH3 is 1. The minimum Gasteiger partial charge on any atom is -0.496 e. The fourth-order valence-electron chi connectivity index (χ4n) is 2.15. The lowest BCUT2D eigenvalue weighted by molar-refractivity contribution is -0.123. The molecule has 0 radical (unpaired) electrons. The minimum atomic E-state index is -1.02. The largest absolute Gasteiger partial charge is 0.496 e. The summed E-state index contributed by atoms with van der Waals surface area (Å²) in [4.78, 5) is 24.4. The molecule has 2 aromatic rings. The van der Waals surface area contributed by atoms with Crippen LogP contribution in [0.5, 0.6) is 5.75 Å². The summed E-state index contributed by atoms with van der Waals surface area (Å²) in [5, 5.41) is 11.6. The molecular weight excluding hydrogens is 320 g/mol. The summed E-state index contributed by atoms with van der Waals surface area (Å²) in [6, 6.07) is 13.5. The number of anilines is 1. The molecule has 1 N–H and O–H groups in total. The van der Waals surface area contributed by atoms with E-state index in [9.17, 15) is 9.59 Å². The molecule has 0 unspecified atom stereocenters. The Morgan fingerprint density at radius 3 is 2.60 bits per heavy atom. The van der Waals surface area contributed by atoms with Gasteiger partial charge in [0.25, 0.3) is 5.91 Å². The van der Waals surface area contributed by atoms with Crippen molar-refractivity contribution in [3.63, 3.8) is 0 Å². The molecule has 0 aromatic heterocycles. The average molecular weight is 338 g/mol. The molecule has 128 valence electrons. The number of carbonyl (C=O) groups is 2. The zero-order chi connectivity index (χ0) is 18.4. The van der Waals surface area contributed by atoms with Crippen molar-refractivity contribution in [2.24, 2.45) is 0 Å². The van der Waals surface area contributed by atoms with E-state index in [0.29, 0.717) is 22.6 Å². The van der Waals surface area contributed by atoms with Crippen LogP contribution in [0.4, 0.5) is 5.69 Å². The molecule has 0 spiro atoms. The maximum atomic E-state index is 12.2. The Balaban J connectivity index is 2.06. The molecule has 6 heteroatoms. The maximum absolute atomic E-state index is 12.2. The average Bonchev–Trinajstić information content (AvgIpc) is 2.62. The van der Waals surface area contributed by atoms with Gasteiger partial charge in [-0.1, -0.05) is 18.2 Å². The van der Waals surface area contributed by atoms with Crippen molar-refractivity contribution in [3.8, 4) is 11.8 Å². The van der Waals surface area contributed by atoms with Gasteiger partial charge < -0.3 is 14.8 Å². The van der Waals surface area contributed by atoms with Crippen LogP contribution >= 0.6 is 0 Å². The number of nitriles is 1. The Hall–Kier alpha value is -3.33. The zero-order valence-corrected chi connectivity index (χ0v) is 14.2. The predicted octanol–water partition coefficient (Wildman–Crippen LogP) is 3.06. The van der Waals surface area contributed by atoms with Gasteiger partial charge >= 0.3 is 5.97 Å². The van der Waals surface area contributed by atoms with E-state index in [0.717, 1.165) is 5.56 Å². The van der Waals surface area contributed by atoms with Crippen molar-refractivity contribution in [2.75, 3.05) is 12.4 Å². The van der Waals surface area contributed by atoms with Gasteiger partial charge in [-0.05, 0) is 43.7 Å². The van der Waals surface area contributed by atoms with E-state index < -0.39 is 18.0 Å². The van der Waals surface area contributed by atoms with Gasteiger partial charge in [0.15, 0.2) is 6.10 Å². The van der Waals surface area contributed by atoms with Crippen molar-refractivity contribution in [1.82, 2.24) is 0 Å². The zero-order valence-electron chi connectivity index (χ0n) is 14.2. The van der Waals surface area contributed by atoms with E-state index in [4.69, 9.17) is 14.7 Å².